The molecule has 2 aromatic carbocycles. The zero-order chi connectivity index (χ0) is 23.4. The van der Waals surface area contributed by atoms with Crippen LogP contribution in [0.2, 0.25) is 0 Å². The van der Waals surface area contributed by atoms with Crippen LogP contribution < -0.4 is 10.6 Å². The average Bonchev–Trinajstić information content (AvgIpc) is 3.20. The van der Waals surface area contributed by atoms with Crippen molar-refractivity contribution in [1.82, 2.24) is 14.7 Å². The summed E-state index contributed by atoms with van der Waals surface area (Å²) >= 11 is 0. The minimum absolute atomic E-state index is 0.0188. The molecule has 1 aromatic heterocycles. The Morgan fingerprint density at radius 1 is 0.939 bits per heavy atom. The first-order valence-corrected chi connectivity index (χ1v) is 11.0. The Bertz CT molecular complexity index is 1150. The van der Waals surface area contributed by atoms with Crippen LogP contribution in [-0.4, -0.2) is 45.5 Å². The van der Waals surface area contributed by atoms with Crippen LogP contribution in [-0.2, 0) is 16.6 Å². The summed E-state index contributed by atoms with van der Waals surface area (Å²) in [5, 5.41) is 10.3. The van der Waals surface area contributed by atoms with Crippen LogP contribution in [0.15, 0.2) is 60.7 Å². The first kappa shape index (κ1) is 22.3. The predicted octanol–water partition coefficient (Wildman–Crippen LogP) is 3.54. The quantitative estimate of drug-likeness (QED) is 0.628. The van der Waals surface area contributed by atoms with Crippen molar-refractivity contribution in [2.75, 3.05) is 23.7 Å². The lowest BCUT2D eigenvalue weighted by Crippen LogP contribution is -2.40. The molecule has 170 valence electrons. The van der Waals surface area contributed by atoms with E-state index in [0.717, 1.165) is 11.3 Å². The van der Waals surface area contributed by atoms with Gasteiger partial charge in [-0.25, -0.2) is 0 Å². The van der Waals surface area contributed by atoms with Crippen molar-refractivity contribution < 1.29 is 14.4 Å². The Morgan fingerprint density at radius 2 is 1.61 bits per heavy atom. The third-order valence-electron chi connectivity index (χ3n) is 5.92. The monoisotopic (exact) mass is 445 g/mol. The van der Waals surface area contributed by atoms with Crippen molar-refractivity contribution in [3.8, 4) is 11.3 Å². The number of nitrogens with one attached hydrogen (secondary N) is 2. The summed E-state index contributed by atoms with van der Waals surface area (Å²) < 4.78 is 1.62. The van der Waals surface area contributed by atoms with Crippen molar-refractivity contribution in [1.29, 1.82) is 0 Å². The summed E-state index contributed by atoms with van der Waals surface area (Å²) in [6, 6.07) is 18.3. The Morgan fingerprint density at radius 3 is 2.24 bits per heavy atom. The summed E-state index contributed by atoms with van der Waals surface area (Å²) in [5.41, 5.74) is 2.88. The number of carbonyl (C=O) groups excluding carboxylic acids is 3. The molecule has 1 fully saturated rings. The number of rotatable bonds is 5. The maximum Gasteiger partial charge on any atom is 0.256 e. The van der Waals surface area contributed by atoms with Gasteiger partial charge in [0.2, 0.25) is 11.8 Å². The molecular weight excluding hydrogens is 418 g/mol. The van der Waals surface area contributed by atoms with Gasteiger partial charge >= 0.3 is 0 Å². The predicted molar refractivity (Wildman–Crippen MR) is 127 cm³/mol. The Labute approximate surface area is 192 Å². The first-order valence-electron chi connectivity index (χ1n) is 11.0. The highest BCUT2D eigenvalue weighted by molar-refractivity contribution is 6.04. The minimum atomic E-state index is -0.197. The lowest BCUT2D eigenvalue weighted by atomic mass is 9.95. The molecular formula is C25H27N5O3. The topological polar surface area (TPSA) is 96.3 Å². The second kappa shape index (κ2) is 9.68. The van der Waals surface area contributed by atoms with Crippen molar-refractivity contribution in [3.63, 3.8) is 0 Å². The molecule has 2 heterocycles. The highest BCUT2D eigenvalue weighted by atomic mass is 16.2. The summed E-state index contributed by atoms with van der Waals surface area (Å²) in [6.07, 6.45) is 1.35. The third kappa shape index (κ3) is 5.28. The van der Waals surface area contributed by atoms with Gasteiger partial charge in [-0.15, -0.1) is 0 Å². The van der Waals surface area contributed by atoms with Crippen LogP contribution in [0.3, 0.4) is 0 Å². The number of hydrogen-bond donors (Lipinski definition) is 2. The molecule has 2 N–H and O–H groups in total. The molecule has 8 heteroatoms. The average molecular weight is 446 g/mol. The molecule has 1 aliphatic rings. The number of aryl methyl sites for hydroxylation is 1. The van der Waals surface area contributed by atoms with E-state index < -0.39 is 0 Å². The number of piperidine rings is 1. The molecule has 1 aliphatic heterocycles. The third-order valence-corrected chi connectivity index (χ3v) is 5.92. The second-order valence-electron chi connectivity index (χ2n) is 8.21. The zero-order valence-corrected chi connectivity index (χ0v) is 18.7. The van der Waals surface area contributed by atoms with Crippen LogP contribution in [0.25, 0.3) is 11.3 Å². The smallest absolute Gasteiger partial charge is 0.256 e. The van der Waals surface area contributed by atoms with Crippen LogP contribution in [0.5, 0.6) is 0 Å². The van der Waals surface area contributed by atoms with Crippen LogP contribution in [0.1, 0.15) is 30.1 Å². The molecule has 3 aromatic rings. The molecule has 3 amide bonds. The number of likely N-dealkylation sites (tertiary alicyclic amines) is 1. The SMILES string of the molecule is CC(=O)N1CCC(C(=O)Nc2ccc(-c3cc(NC(=O)c4ccccc4)n(C)n3)cc2)CC1. The highest BCUT2D eigenvalue weighted by Gasteiger charge is 2.26. The maximum atomic E-state index is 12.6. The molecule has 33 heavy (non-hydrogen) atoms. The largest absolute Gasteiger partial charge is 0.343 e. The van der Waals surface area contributed by atoms with Gasteiger partial charge in [0.1, 0.15) is 5.82 Å². The summed E-state index contributed by atoms with van der Waals surface area (Å²) in [5.74, 6) is 0.341. The maximum absolute atomic E-state index is 12.6. The van der Waals surface area contributed by atoms with Gasteiger partial charge in [0.05, 0.1) is 5.69 Å². The molecule has 0 radical (unpaired) electrons. The van der Waals surface area contributed by atoms with Gasteiger partial charge in [0.15, 0.2) is 0 Å². The number of aromatic nitrogens is 2. The van der Waals surface area contributed by atoms with Gasteiger partial charge < -0.3 is 15.5 Å². The summed E-state index contributed by atoms with van der Waals surface area (Å²) in [6.45, 7) is 2.80. The van der Waals surface area contributed by atoms with E-state index in [0.29, 0.717) is 43.0 Å². The normalized spacial score (nSPS) is 14.1. The van der Waals surface area contributed by atoms with E-state index in [2.05, 4.69) is 15.7 Å². The van der Waals surface area contributed by atoms with Gasteiger partial charge in [-0.3, -0.25) is 19.1 Å². The lowest BCUT2D eigenvalue weighted by Gasteiger charge is -2.30. The minimum Gasteiger partial charge on any atom is -0.343 e. The Kier molecular flexibility index (Phi) is 6.53. The molecule has 0 saturated carbocycles. The van der Waals surface area contributed by atoms with Gasteiger partial charge in [-0.1, -0.05) is 30.3 Å². The number of nitrogens with zero attached hydrogens (tertiary/aromatic N) is 3. The number of amides is 3. The van der Waals surface area contributed by atoms with Crippen LogP contribution in [0, 0.1) is 5.92 Å². The van der Waals surface area contributed by atoms with Gasteiger partial charge in [-0.05, 0) is 37.1 Å². The van der Waals surface area contributed by atoms with Crippen LogP contribution >= 0.6 is 0 Å². The molecule has 0 bridgehead atoms. The van der Waals surface area contributed by atoms with Crippen molar-refractivity contribution in [2.45, 2.75) is 19.8 Å². The van der Waals surface area contributed by atoms with E-state index in [1.807, 2.05) is 48.5 Å². The van der Waals surface area contributed by atoms with Gasteiger partial charge in [-0.2, -0.15) is 5.10 Å². The molecule has 1 saturated heterocycles. The molecule has 4 rings (SSSR count). The van der Waals surface area contributed by atoms with Gasteiger partial charge in [0, 0.05) is 55.9 Å². The van der Waals surface area contributed by atoms with Crippen molar-refractivity contribution >= 4 is 29.2 Å². The lowest BCUT2D eigenvalue weighted by molar-refractivity contribution is -0.132. The molecule has 0 atom stereocenters. The van der Waals surface area contributed by atoms with E-state index in [4.69, 9.17) is 0 Å². The van der Waals surface area contributed by atoms with E-state index in [1.54, 1.807) is 35.7 Å². The van der Waals surface area contributed by atoms with Crippen molar-refractivity contribution in [2.24, 2.45) is 13.0 Å². The standard InChI is InChI=1S/C25H27N5O3/c1-17(31)30-14-12-20(13-15-30)24(32)26-21-10-8-18(9-11-21)22-16-23(29(2)28-22)27-25(33)19-6-4-3-5-7-19/h3-11,16,20H,12-15H2,1-2H3,(H,26,32)(H,27,33). The van der Waals surface area contributed by atoms with E-state index in [1.165, 1.54) is 0 Å². The fourth-order valence-corrected chi connectivity index (χ4v) is 3.93. The fourth-order valence-electron chi connectivity index (χ4n) is 3.93. The Hall–Kier alpha value is -3.94. The van der Waals surface area contributed by atoms with Crippen molar-refractivity contribution in [3.05, 3.63) is 66.2 Å². The van der Waals surface area contributed by atoms with E-state index in [-0.39, 0.29) is 23.6 Å². The number of anilines is 2. The highest BCUT2D eigenvalue weighted by Crippen LogP contribution is 2.25. The zero-order valence-electron chi connectivity index (χ0n) is 18.7. The van der Waals surface area contributed by atoms with E-state index in [9.17, 15) is 14.4 Å². The Balaban J connectivity index is 1.37. The fraction of sp³-hybridized carbons (Fsp3) is 0.280. The molecule has 8 nitrogen and oxygen atoms in total. The van der Waals surface area contributed by atoms with Crippen LogP contribution in [0.4, 0.5) is 11.5 Å². The second-order valence-corrected chi connectivity index (χ2v) is 8.21. The molecule has 0 unspecified atom stereocenters. The number of benzene rings is 2. The number of carbonyl (C=O) groups is 3. The summed E-state index contributed by atoms with van der Waals surface area (Å²) in [4.78, 5) is 38.3. The number of hydrogen-bond acceptors (Lipinski definition) is 4. The van der Waals surface area contributed by atoms with Gasteiger partial charge in [0.25, 0.3) is 5.91 Å². The summed E-state index contributed by atoms with van der Waals surface area (Å²) in [7, 11) is 1.77. The first-order chi connectivity index (χ1) is 15.9. The molecule has 0 spiro atoms. The molecule has 0 aliphatic carbocycles. The van der Waals surface area contributed by atoms with E-state index >= 15 is 0 Å².